The van der Waals surface area contributed by atoms with Crippen LogP contribution < -0.4 is 5.73 Å². The molecule has 2 N–H and O–H groups in total. The molecule has 0 saturated heterocycles. The van der Waals surface area contributed by atoms with Crippen molar-refractivity contribution in [1.29, 1.82) is 0 Å². The second-order valence-corrected chi connectivity index (χ2v) is 4.33. The highest BCUT2D eigenvalue weighted by Crippen LogP contribution is 2.48. The fourth-order valence-electron chi connectivity index (χ4n) is 2.21. The van der Waals surface area contributed by atoms with Crippen LogP contribution in [0.5, 0.6) is 0 Å². The summed E-state index contributed by atoms with van der Waals surface area (Å²) in [7, 11) is 0. The number of nitrogen functional groups attached to an aromatic ring is 1. The first kappa shape index (κ1) is 9.25. The van der Waals surface area contributed by atoms with E-state index in [9.17, 15) is 4.39 Å². The Morgan fingerprint density at radius 2 is 1.93 bits per heavy atom. The van der Waals surface area contributed by atoms with Gasteiger partial charge in [0.15, 0.2) is 0 Å². The predicted octanol–water partition coefficient (Wildman–Crippen LogP) is 3.26. The van der Waals surface area contributed by atoms with E-state index >= 15 is 0 Å². The third kappa shape index (κ3) is 0.939. The first-order valence-electron chi connectivity index (χ1n) is 4.72. The Morgan fingerprint density at radius 1 is 1.29 bits per heavy atom. The smallest absolute Gasteiger partial charge is 0.113 e. The summed E-state index contributed by atoms with van der Waals surface area (Å²) >= 11 is 0. The Labute approximate surface area is 83.4 Å². The summed E-state index contributed by atoms with van der Waals surface area (Å²) in [6.45, 7) is 5.56. The van der Waals surface area contributed by atoms with E-state index in [2.05, 4.69) is 0 Å². The van der Waals surface area contributed by atoms with Crippen LogP contribution in [0.1, 0.15) is 31.9 Å². The van der Waals surface area contributed by atoms with Crippen molar-refractivity contribution in [3.63, 3.8) is 0 Å². The highest BCUT2D eigenvalue weighted by Gasteiger charge is 2.37. The Bertz CT molecular complexity index is 430. The van der Waals surface area contributed by atoms with Gasteiger partial charge in [0.1, 0.15) is 5.83 Å². The van der Waals surface area contributed by atoms with E-state index in [0.717, 1.165) is 11.1 Å². The van der Waals surface area contributed by atoms with E-state index in [1.54, 1.807) is 6.92 Å². The molecule has 0 aliphatic heterocycles. The molecular formula is C12H14FN. The molecule has 0 fully saturated rings. The van der Waals surface area contributed by atoms with Crippen molar-refractivity contribution in [2.75, 3.05) is 5.73 Å². The Hall–Kier alpha value is -1.31. The third-order valence-electron chi connectivity index (χ3n) is 3.02. The zero-order valence-corrected chi connectivity index (χ0v) is 8.69. The molecule has 74 valence electrons. The molecule has 1 nitrogen and oxygen atoms in total. The van der Waals surface area contributed by atoms with Crippen LogP contribution >= 0.6 is 0 Å². The third-order valence-corrected chi connectivity index (χ3v) is 3.02. The zero-order valence-electron chi connectivity index (χ0n) is 8.69. The Balaban J connectivity index is 2.80. The van der Waals surface area contributed by atoms with Crippen LogP contribution in [0.25, 0.3) is 5.57 Å². The van der Waals surface area contributed by atoms with Crippen molar-refractivity contribution in [2.45, 2.75) is 26.2 Å². The molecule has 0 spiro atoms. The van der Waals surface area contributed by atoms with Crippen LogP contribution in [0.2, 0.25) is 0 Å². The summed E-state index contributed by atoms with van der Waals surface area (Å²) < 4.78 is 13.9. The Kier molecular flexibility index (Phi) is 1.71. The van der Waals surface area contributed by atoms with Gasteiger partial charge in [0.2, 0.25) is 0 Å². The lowest BCUT2D eigenvalue weighted by atomic mass is 9.86. The summed E-state index contributed by atoms with van der Waals surface area (Å²) in [5, 5.41) is 0. The van der Waals surface area contributed by atoms with Gasteiger partial charge in [-0.25, -0.2) is 4.39 Å². The first-order valence-corrected chi connectivity index (χ1v) is 4.72. The molecule has 2 rings (SSSR count). The molecule has 0 saturated carbocycles. The van der Waals surface area contributed by atoms with Crippen LogP contribution in [-0.4, -0.2) is 0 Å². The maximum Gasteiger partial charge on any atom is 0.113 e. The fourth-order valence-corrected chi connectivity index (χ4v) is 2.21. The SMILES string of the molecule is CC1=C(F)C(C)(C)c2cccc(N)c21. The van der Waals surface area contributed by atoms with Crippen molar-refractivity contribution in [1.82, 2.24) is 0 Å². The largest absolute Gasteiger partial charge is 0.398 e. The number of nitrogens with two attached hydrogens (primary N) is 1. The highest BCUT2D eigenvalue weighted by molar-refractivity contribution is 5.84. The van der Waals surface area contributed by atoms with Gasteiger partial charge in [-0.05, 0) is 38.0 Å². The van der Waals surface area contributed by atoms with Crippen molar-refractivity contribution in [3.05, 3.63) is 35.2 Å². The van der Waals surface area contributed by atoms with Gasteiger partial charge in [-0.1, -0.05) is 12.1 Å². The number of hydrogen-bond acceptors (Lipinski definition) is 1. The summed E-state index contributed by atoms with van der Waals surface area (Å²) in [4.78, 5) is 0. The summed E-state index contributed by atoms with van der Waals surface area (Å²) in [6, 6.07) is 5.64. The molecule has 1 aromatic carbocycles. The Morgan fingerprint density at radius 3 is 2.50 bits per heavy atom. The van der Waals surface area contributed by atoms with E-state index in [0.29, 0.717) is 11.3 Å². The van der Waals surface area contributed by atoms with Crippen LogP contribution in [0.4, 0.5) is 10.1 Å². The van der Waals surface area contributed by atoms with Crippen LogP contribution in [-0.2, 0) is 5.41 Å². The normalized spacial score (nSPS) is 18.6. The van der Waals surface area contributed by atoms with Gasteiger partial charge in [-0.15, -0.1) is 0 Å². The van der Waals surface area contributed by atoms with E-state index < -0.39 is 5.41 Å². The molecular weight excluding hydrogens is 177 g/mol. The van der Waals surface area contributed by atoms with Crippen molar-refractivity contribution in [3.8, 4) is 0 Å². The quantitative estimate of drug-likeness (QED) is 0.626. The highest BCUT2D eigenvalue weighted by atomic mass is 19.1. The molecule has 1 aromatic rings. The van der Waals surface area contributed by atoms with Crippen LogP contribution in [0.3, 0.4) is 0 Å². The summed E-state index contributed by atoms with van der Waals surface area (Å²) in [5.74, 6) is -0.0644. The molecule has 1 aliphatic rings. The lowest BCUT2D eigenvalue weighted by molar-refractivity contribution is 0.471. The minimum Gasteiger partial charge on any atom is -0.398 e. The van der Waals surface area contributed by atoms with Gasteiger partial charge < -0.3 is 5.73 Å². The molecule has 0 heterocycles. The van der Waals surface area contributed by atoms with E-state index in [1.807, 2.05) is 32.0 Å². The fraction of sp³-hybridized carbons (Fsp3) is 0.333. The number of hydrogen-bond donors (Lipinski definition) is 1. The topological polar surface area (TPSA) is 26.0 Å². The van der Waals surface area contributed by atoms with Gasteiger partial charge in [-0.2, -0.15) is 0 Å². The number of rotatable bonds is 0. The number of anilines is 1. The molecule has 1 aliphatic carbocycles. The lowest BCUT2D eigenvalue weighted by Crippen LogP contribution is -2.14. The van der Waals surface area contributed by atoms with E-state index in [1.165, 1.54) is 0 Å². The van der Waals surface area contributed by atoms with Crippen molar-refractivity contribution in [2.24, 2.45) is 0 Å². The van der Waals surface area contributed by atoms with Crippen LogP contribution in [0, 0.1) is 0 Å². The first-order chi connectivity index (χ1) is 6.46. The minimum atomic E-state index is -0.519. The predicted molar refractivity (Wildman–Crippen MR) is 57.6 cm³/mol. The van der Waals surface area contributed by atoms with Gasteiger partial charge >= 0.3 is 0 Å². The molecule has 0 radical (unpaired) electrons. The van der Waals surface area contributed by atoms with Gasteiger partial charge in [0.05, 0.1) is 0 Å². The van der Waals surface area contributed by atoms with Crippen LogP contribution in [0.15, 0.2) is 24.0 Å². The average Bonchev–Trinajstić information content (AvgIpc) is 2.30. The number of fused-ring (bicyclic) bond motifs is 1. The standard InChI is InChI=1S/C12H14FN/c1-7-10-8(5-4-6-9(10)14)12(2,3)11(7)13/h4-6H,14H2,1-3H3. The second kappa shape index (κ2) is 2.59. The maximum atomic E-state index is 13.9. The molecule has 14 heavy (non-hydrogen) atoms. The number of benzene rings is 1. The van der Waals surface area contributed by atoms with Gasteiger partial charge in [0, 0.05) is 16.7 Å². The van der Waals surface area contributed by atoms with Crippen molar-refractivity contribution >= 4 is 11.3 Å². The number of allylic oxidation sites excluding steroid dienone is 2. The summed E-state index contributed by atoms with van der Waals surface area (Å²) in [5.41, 5.74) is 8.55. The minimum absolute atomic E-state index is 0.0644. The monoisotopic (exact) mass is 191 g/mol. The second-order valence-electron chi connectivity index (χ2n) is 4.33. The van der Waals surface area contributed by atoms with E-state index in [-0.39, 0.29) is 5.83 Å². The lowest BCUT2D eigenvalue weighted by Gasteiger charge is -2.19. The maximum absolute atomic E-state index is 13.9. The molecule has 0 unspecified atom stereocenters. The van der Waals surface area contributed by atoms with Crippen molar-refractivity contribution < 1.29 is 4.39 Å². The summed E-state index contributed by atoms with van der Waals surface area (Å²) in [6.07, 6.45) is 0. The van der Waals surface area contributed by atoms with Gasteiger partial charge in [-0.3, -0.25) is 0 Å². The van der Waals surface area contributed by atoms with Gasteiger partial charge in [0.25, 0.3) is 0 Å². The molecule has 0 bridgehead atoms. The average molecular weight is 191 g/mol. The molecule has 0 atom stereocenters. The van der Waals surface area contributed by atoms with E-state index in [4.69, 9.17) is 5.73 Å². The zero-order chi connectivity index (χ0) is 10.5. The number of halogens is 1. The molecule has 2 heteroatoms. The molecule has 0 aromatic heterocycles. The molecule has 0 amide bonds.